The summed E-state index contributed by atoms with van der Waals surface area (Å²) in [4.78, 5) is 19.9. The molecule has 0 atom stereocenters. The molecule has 0 bridgehead atoms. The van der Waals surface area contributed by atoms with E-state index in [-0.39, 0.29) is 11.7 Å². The molecule has 0 saturated carbocycles. The molecule has 1 aliphatic rings. The Morgan fingerprint density at radius 1 is 1.08 bits per heavy atom. The Kier molecular flexibility index (Phi) is 4.67. The molecule has 2 aromatic carbocycles. The number of rotatable bonds is 5. The van der Waals surface area contributed by atoms with Gasteiger partial charge in [0.2, 0.25) is 5.12 Å². The lowest BCUT2D eigenvalue weighted by Crippen LogP contribution is -2.06. The second kappa shape index (κ2) is 7.25. The molecule has 0 radical (unpaired) electrons. The van der Waals surface area contributed by atoms with Gasteiger partial charge < -0.3 is 10.6 Å². The Bertz CT molecular complexity index is 901. The summed E-state index contributed by atoms with van der Waals surface area (Å²) < 4.78 is 1.20. The quantitative estimate of drug-likeness (QED) is 0.713. The zero-order chi connectivity index (χ0) is 17.1. The minimum Gasteiger partial charge on any atom is -0.361 e. The Morgan fingerprint density at radius 3 is 2.68 bits per heavy atom. The van der Waals surface area contributed by atoms with E-state index in [0.717, 1.165) is 41.1 Å². The van der Waals surface area contributed by atoms with Gasteiger partial charge in [-0.3, -0.25) is 9.79 Å². The molecular formula is C18H16N4OS2. The average molecular weight is 368 g/mol. The van der Waals surface area contributed by atoms with Crippen LogP contribution in [0.4, 0.5) is 10.8 Å². The third-order valence-corrected chi connectivity index (χ3v) is 5.53. The van der Waals surface area contributed by atoms with Crippen molar-refractivity contribution in [3.63, 3.8) is 0 Å². The molecule has 0 saturated heterocycles. The predicted octanol–water partition coefficient (Wildman–Crippen LogP) is 3.99. The summed E-state index contributed by atoms with van der Waals surface area (Å²) in [6, 6.07) is 16.4. The lowest BCUT2D eigenvalue weighted by atomic mass is 10.1. The van der Waals surface area contributed by atoms with E-state index in [1.54, 1.807) is 11.3 Å². The highest BCUT2D eigenvalue weighted by atomic mass is 32.2. The first kappa shape index (κ1) is 16.1. The first-order valence-corrected chi connectivity index (χ1v) is 9.60. The number of carbonyl (C=O) groups is 1. The monoisotopic (exact) mass is 368 g/mol. The van der Waals surface area contributed by atoms with Gasteiger partial charge in [0.1, 0.15) is 6.54 Å². The normalized spacial score (nSPS) is 13.9. The molecule has 126 valence electrons. The Morgan fingerprint density at radius 2 is 1.92 bits per heavy atom. The molecule has 4 rings (SSSR count). The van der Waals surface area contributed by atoms with Crippen LogP contribution in [0.15, 0.2) is 53.5 Å². The lowest BCUT2D eigenvalue weighted by molar-refractivity contribution is -0.109. The number of nitrogens with zero attached hydrogens (tertiary/aromatic N) is 2. The van der Waals surface area contributed by atoms with Crippen molar-refractivity contribution in [3.8, 4) is 0 Å². The van der Waals surface area contributed by atoms with E-state index in [2.05, 4.69) is 38.8 Å². The standard InChI is InChI=1S/C18H16N4OS2/c23-16-11-20-18(25-16)21-13-7-5-12(6-8-13)9-10-19-17-22-14-3-1-2-4-15(14)24-17/h1-8H,9-11H2,(H,19,22)(H,20,21). The van der Waals surface area contributed by atoms with Crippen LogP contribution in [0.25, 0.3) is 10.2 Å². The summed E-state index contributed by atoms with van der Waals surface area (Å²) in [5, 5.41) is 8.27. The van der Waals surface area contributed by atoms with Crippen LogP contribution in [0.1, 0.15) is 5.56 Å². The third-order valence-electron chi connectivity index (χ3n) is 3.75. The second-order valence-electron chi connectivity index (χ2n) is 5.58. The summed E-state index contributed by atoms with van der Waals surface area (Å²) in [6.07, 6.45) is 0.921. The van der Waals surface area contributed by atoms with Crippen molar-refractivity contribution in [1.82, 2.24) is 4.98 Å². The highest BCUT2D eigenvalue weighted by Crippen LogP contribution is 2.25. The van der Waals surface area contributed by atoms with Crippen molar-refractivity contribution in [2.75, 3.05) is 23.7 Å². The summed E-state index contributed by atoms with van der Waals surface area (Å²) >= 11 is 2.84. The van der Waals surface area contributed by atoms with Gasteiger partial charge in [-0.2, -0.15) is 0 Å². The molecule has 5 nitrogen and oxygen atoms in total. The fourth-order valence-electron chi connectivity index (χ4n) is 2.51. The minimum atomic E-state index is 0.0834. The van der Waals surface area contributed by atoms with Gasteiger partial charge in [-0.05, 0) is 48.0 Å². The molecule has 2 N–H and O–H groups in total. The molecular weight excluding hydrogens is 352 g/mol. The van der Waals surface area contributed by atoms with Gasteiger partial charge in [-0.1, -0.05) is 35.6 Å². The second-order valence-corrected chi connectivity index (χ2v) is 7.66. The zero-order valence-corrected chi connectivity index (χ0v) is 15.0. The van der Waals surface area contributed by atoms with Crippen molar-refractivity contribution in [2.24, 2.45) is 4.99 Å². The number of aromatic nitrogens is 1. The maximum absolute atomic E-state index is 11.2. The molecule has 0 aliphatic carbocycles. The van der Waals surface area contributed by atoms with E-state index in [1.807, 2.05) is 30.3 Å². The molecule has 1 aliphatic heterocycles. The topological polar surface area (TPSA) is 66.4 Å². The number of thiazole rings is 1. The van der Waals surface area contributed by atoms with Gasteiger partial charge in [0.05, 0.1) is 10.2 Å². The summed E-state index contributed by atoms with van der Waals surface area (Å²) in [6.45, 7) is 1.10. The molecule has 0 amide bonds. The predicted molar refractivity (Wildman–Crippen MR) is 107 cm³/mol. The van der Waals surface area contributed by atoms with Crippen LogP contribution in [-0.4, -0.2) is 28.4 Å². The van der Waals surface area contributed by atoms with Crippen LogP contribution in [0, 0.1) is 0 Å². The molecule has 25 heavy (non-hydrogen) atoms. The van der Waals surface area contributed by atoms with Crippen molar-refractivity contribution in [1.29, 1.82) is 0 Å². The molecule has 0 spiro atoms. The number of fused-ring (bicyclic) bond motifs is 1. The molecule has 0 unspecified atom stereocenters. The van der Waals surface area contributed by atoms with Gasteiger partial charge in [0.15, 0.2) is 10.3 Å². The van der Waals surface area contributed by atoms with Gasteiger partial charge in [0.25, 0.3) is 0 Å². The largest absolute Gasteiger partial charge is 0.361 e. The first-order valence-electron chi connectivity index (χ1n) is 7.97. The van der Waals surface area contributed by atoms with Crippen LogP contribution >= 0.6 is 23.1 Å². The number of benzene rings is 2. The summed E-state index contributed by atoms with van der Waals surface area (Å²) in [5.41, 5.74) is 3.23. The minimum absolute atomic E-state index is 0.0834. The highest BCUT2D eigenvalue weighted by molar-refractivity contribution is 8.27. The lowest BCUT2D eigenvalue weighted by Gasteiger charge is -2.07. The van der Waals surface area contributed by atoms with E-state index in [0.29, 0.717) is 5.17 Å². The maximum atomic E-state index is 11.2. The average Bonchev–Trinajstić information content (AvgIpc) is 3.22. The molecule has 1 aromatic heterocycles. The van der Waals surface area contributed by atoms with Gasteiger partial charge >= 0.3 is 0 Å². The van der Waals surface area contributed by atoms with E-state index in [4.69, 9.17) is 0 Å². The van der Waals surface area contributed by atoms with Crippen LogP contribution in [0.2, 0.25) is 0 Å². The number of hydrogen-bond donors (Lipinski definition) is 2. The molecule has 7 heteroatoms. The number of nitrogens with one attached hydrogen (secondary N) is 2. The van der Waals surface area contributed by atoms with Crippen LogP contribution < -0.4 is 10.6 Å². The first-order chi connectivity index (χ1) is 12.3. The molecule has 0 fully saturated rings. The number of carbonyl (C=O) groups excluding carboxylic acids is 1. The number of anilines is 2. The van der Waals surface area contributed by atoms with Crippen molar-refractivity contribution < 1.29 is 4.79 Å². The van der Waals surface area contributed by atoms with Crippen LogP contribution in [0.3, 0.4) is 0 Å². The van der Waals surface area contributed by atoms with E-state index < -0.39 is 0 Å². The number of aliphatic imine (C=N–C) groups is 1. The smallest absolute Gasteiger partial charge is 0.218 e. The van der Waals surface area contributed by atoms with Gasteiger partial charge in [-0.15, -0.1) is 0 Å². The Balaban J connectivity index is 1.30. The fraction of sp³-hybridized carbons (Fsp3) is 0.167. The highest BCUT2D eigenvalue weighted by Gasteiger charge is 2.15. The van der Waals surface area contributed by atoms with Gasteiger partial charge in [-0.25, -0.2) is 4.98 Å². The summed E-state index contributed by atoms with van der Waals surface area (Å²) in [7, 11) is 0. The van der Waals surface area contributed by atoms with Crippen molar-refractivity contribution >= 4 is 54.4 Å². The maximum Gasteiger partial charge on any atom is 0.218 e. The number of thioether (sulfide) groups is 1. The Labute approximate surface area is 153 Å². The third kappa shape index (κ3) is 4.00. The number of hydrogen-bond acceptors (Lipinski definition) is 7. The van der Waals surface area contributed by atoms with Crippen molar-refractivity contribution in [2.45, 2.75) is 6.42 Å². The number of amidine groups is 1. The molecule has 2 heterocycles. The zero-order valence-electron chi connectivity index (χ0n) is 13.4. The van der Waals surface area contributed by atoms with Crippen LogP contribution in [-0.2, 0) is 11.2 Å². The van der Waals surface area contributed by atoms with E-state index >= 15 is 0 Å². The number of para-hydroxylation sites is 1. The summed E-state index contributed by atoms with van der Waals surface area (Å²) in [5.74, 6) is 0. The van der Waals surface area contributed by atoms with Crippen molar-refractivity contribution in [3.05, 3.63) is 54.1 Å². The van der Waals surface area contributed by atoms with E-state index in [9.17, 15) is 4.79 Å². The fourth-order valence-corrected chi connectivity index (χ4v) is 4.05. The van der Waals surface area contributed by atoms with E-state index in [1.165, 1.54) is 10.3 Å². The molecule has 3 aromatic rings. The van der Waals surface area contributed by atoms with Crippen LogP contribution in [0.5, 0.6) is 0 Å². The SMILES string of the molecule is O=C1CN=C(Nc2ccc(CCNc3nc4ccccc4s3)cc2)S1. The Hall–Kier alpha value is -2.38. The van der Waals surface area contributed by atoms with Gasteiger partial charge in [0, 0.05) is 12.2 Å².